The summed E-state index contributed by atoms with van der Waals surface area (Å²) in [4.78, 5) is 17.8. The van der Waals surface area contributed by atoms with Crippen molar-refractivity contribution >= 4 is 40.5 Å². The van der Waals surface area contributed by atoms with E-state index < -0.39 is 0 Å². The number of rotatable bonds is 11. The normalized spacial score (nSPS) is 13.7. The lowest BCUT2D eigenvalue weighted by Crippen LogP contribution is -2.46. The minimum Gasteiger partial charge on any atom is -0.490 e. The number of carbonyl (C=O) groups excluding carboxylic acids is 1. The highest BCUT2D eigenvalue weighted by molar-refractivity contribution is 6.33. The summed E-state index contributed by atoms with van der Waals surface area (Å²) in [5.41, 5.74) is 3.10. The van der Waals surface area contributed by atoms with E-state index in [4.69, 9.17) is 37.4 Å². The van der Waals surface area contributed by atoms with E-state index in [2.05, 4.69) is 21.2 Å². The number of nitrogens with one attached hydrogen (secondary N) is 1. The predicted octanol–water partition coefficient (Wildman–Crippen LogP) is 6.76. The molecule has 3 aromatic rings. The Balaban J connectivity index is 1.42. The number of hydrogen-bond donors (Lipinski definition) is 1. The first-order chi connectivity index (χ1) is 18.9. The maximum absolute atomic E-state index is 13.2. The van der Waals surface area contributed by atoms with Crippen molar-refractivity contribution in [3.8, 4) is 17.2 Å². The van der Waals surface area contributed by atoms with Crippen molar-refractivity contribution in [2.75, 3.05) is 56.2 Å². The lowest BCUT2D eigenvalue weighted by atomic mass is 10.1. The van der Waals surface area contributed by atoms with Gasteiger partial charge in [0.2, 0.25) is 5.75 Å². The Bertz CT molecular complexity index is 1250. The first-order valence-electron chi connectivity index (χ1n) is 13.3. The third-order valence-corrected chi connectivity index (χ3v) is 7.11. The van der Waals surface area contributed by atoms with Crippen LogP contribution in [-0.4, -0.2) is 56.8 Å². The van der Waals surface area contributed by atoms with Gasteiger partial charge in [-0.15, -0.1) is 0 Å². The Morgan fingerprint density at radius 3 is 2.05 bits per heavy atom. The van der Waals surface area contributed by atoms with Crippen molar-refractivity contribution in [2.45, 2.75) is 27.3 Å². The van der Waals surface area contributed by atoms with E-state index in [1.165, 1.54) is 0 Å². The van der Waals surface area contributed by atoms with E-state index in [1.807, 2.05) is 51.1 Å². The Labute approximate surface area is 240 Å². The second-order valence-corrected chi connectivity index (χ2v) is 9.89. The van der Waals surface area contributed by atoms with Crippen LogP contribution in [0.3, 0.4) is 0 Å². The zero-order chi connectivity index (χ0) is 27.8. The van der Waals surface area contributed by atoms with E-state index >= 15 is 0 Å². The van der Waals surface area contributed by atoms with Crippen LogP contribution in [0.5, 0.6) is 17.2 Å². The van der Waals surface area contributed by atoms with Gasteiger partial charge in [-0.2, -0.15) is 0 Å². The number of benzene rings is 3. The van der Waals surface area contributed by atoms with Gasteiger partial charge in [-0.3, -0.25) is 9.69 Å². The highest BCUT2D eigenvalue weighted by Gasteiger charge is 2.21. The van der Waals surface area contributed by atoms with Crippen molar-refractivity contribution in [2.24, 2.45) is 0 Å². The van der Waals surface area contributed by atoms with Gasteiger partial charge in [0.15, 0.2) is 11.5 Å². The van der Waals surface area contributed by atoms with Crippen molar-refractivity contribution < 1.29 is 19.0 Å². The molecule has 0 aromatic heterocycles. The molecule has 0 atom stereocenters. The summed E-state index contributed by atoms with van der Waals surface area (Å²) in [5.74, 6) is 1.14. The number of nitrogens with zero attached hydrogens (tertiary/aromatic N) is 2. The molecule has 1 fully saturated rings. The molecule has 3 aromatic carbocycles. The second-order valence-electron chi connectivity index (χ2n) is 9.08. The third kappa shape index (κ3) is 7.29. The van der Waals surface area contributed by atoms with Crippen LogP contribution in [0.1, 0.15) is 36.7 Å². The fraction of sp³-hybridized carbons (Fsp3) is 0.367. The van der Waals surface area contributed by atoms with Crippen LogP contribution in [0.4, 0.5) is 11.4 Å². The van der Waals surface area contributed by atoms with Gasteiger partial charge in [0.1, 0.15) is 0 Å². The summed E-state index contributed by atoms with van der Waals surface area (Å²) in [6.07, 6.45) is 0. The van der Waals surface area contributed by atoms with Gasteiger partial charge in [0.25, 0.3) is 5.91 Å². The van der Waals surface area contributed by atoms with Crippen LogP contribution in [-0.2, 0) is 6.54 Å². The van der Waals surface area contributed by atoms with Crippen LogP contribution in [0.2, 0.25) is 10.0 Å². The molecule has 1 heterocycles. The zero-order valence-corrected chi connectivity index (χ0v) is 24.1. The Kier molecular flexibility index (Phi) is 10.2. The summed E-state index contributed by atoms with van der Waals surface area (Å²) < 4.78 is 17.2. The number of piperazine rings is 1. The molecule has 1 amide bonds. The number of amides is 1. The molecule has 39 heavy (non-hydrogen) atoms. The van der Waals surface area contributed by atoms with Gasteiger partial charge in [0, 0.05) is 49.0 Å². The smallest absolute Gasteiger partial charge is 0.255 e. The summed E-state index contributed by atoms with van der Waals surface area (Å²) >= 11 is 13.0. The summed E-state index contributed by atoms with van der Waals surface area (Å²) in [7, 11) is 0. The van der Waals surface area contributed by atoms with Gasteiger partial charge < -0.3 is 24.4 Å². The zero-order valence-electron chi connectivity index (χ0n) is 22.6. The van der Waals surface area contributed by atoms with Crippen LogP contribution >= 0.6 is 23.2 Å². The quantitative estimate of drug-likeness (QED) is 0.274. The van der Waals surface area contributed by atoms with Gasteiger partial charge in [-0.05, 0) is 62.7 Å². The average Bonchev–Trinajstić information content (AvgIpc) is 2.92. The summed E-state index contributed by atoms with van der Waals surface area (Å²) in [6.45, 7) is 11.3. The average molecular weight is 573 g/mol. The maximum Gasteiger partial charge on any atom is 0.255 e. The SMILES string of the molecule is CCOc1cc(C(=O)Nc2ccc(N3CCN(Cc4ccccc4Cl)CC3)c(Cl)c2)cc(OCC)c1OCC. The molecule has 0 bridgehead atoms. The largest absolute Gasteiger partial charge is 0.490 e. The number of ether oxygens (including phenoxy) is 3. The Morgan fingerprint density at radius 2 is 1.46 bits per heavy atom. The molecule has 0 radical (unpaired) electrons. The van der Waals surface area contributed by atoms with Gasteiger partial charge in [-0.25, -0.2) is 0 Å². The van der Waals surface area contributed by atoms with Crippen molar-refractivity contribution in [3.63, 3.8) is 0 Å². The van der Waals surface area contributed by atoms with Crippen LogP contribution in [0, 0.1) is 0 Å². The van der Waals surface area contributed by atoms with E-state index in [-0.39, 0.29) is 5.91 Å². The maximum atomic E-state index is 13.2. The van der Waals surface area contributed by atoms with Crippen LogP contribution in [0.15, 0.2) is 54.6 Å². The molecule has 7 nitrogen and oxygen atoms in total. The highest BCUT2D eigenvalue weighted by Crippen LogP contribution is 2.39. The van der Waals surface area contributed by atoms with E-state index in [0.29, 0.717) is 53.3 Å². The van der Waals surface area contributed by atoms with E-state index in [1.54, 1.807) is 18.2 Å². The molecule has 0 saturated carbocycles. The number of anilines is 2. The molecule has 1 aliphatic rings. The molecule has 0 aliphatic carbocycles. The Morgan fingerprint density at radius 1 is 0.821 bits per heavy atom. The standard InChI is InChI=1S/C30H35Cl2N3O4/c1-4-37-27-17-22(18-28(38-5-2)29(27)39-6-3)30(36)33-23-11-12-26(25(32)19-23)35-15-13-34(14-16-35)20-21-9-7-8-10-24(21)31/h7-12,17-19H,4-6,13-16,20H2,1-3H3,(H,33,36). The minimum absolute atomic E-state index is 0.294. The highest BCUT2D eigenvalue weighted by atomic mass is 35.5. The molecular formula is C30H35Cl2N3O4. The van der Waals surface area contributed by atoms with E-state index in [0.717, 1.165) is 49.0 Å². The molecule has 1 aliphatic heterocycles. The Hall–Kier alpha value is -3.13. The lowest BCUT2D eigenvalue weighted by molar-refractivity contribution is 0.102. The first kappa shape index (κ1) is 28.9. The fourth-order valence-electron chi connectivity index (χ4n) is 4.58. The first-order valence-corrected chi connectivity index (χ1v) is 14.1. The fourth-order valence-corrected chi connectivity index (χ4v) is 5.07. The van der Waals surface area contributed by atoms with Gasteiger partial charge in [0.05, 0.1) is 30.5 Å². The van der Waals surface area contributed by atoms with Gasteiger partial charge in [-0.1, -0.05) is 41.4 Å². The lowest BCUT2D eigenvalue weighted by Gasteiger charge is -2.36. The minimum atomic E-state index is -0.294. The summed E-state index contributed by atoms with van der Waals surface area (Å²) in [5, 5.41) is 4.33. The summed E-state index contributed by atoms with van der Waals surface area (Å²) in [6, 6.07) is 16.9. The molecule has 4 rings (SSSR count). The van der Waals surface area contributed by atoms with Gasteiger partial charge >= 0.3 is 0 Å². The molecule has 9 heteroatoms. The van der Waals surface area contributed by atoms with Crippen molar-refractivity contribution in [1.82, 2.24) is 4.90 Å². The molecule has 1 saturated heterocycles. The predicted molar refractivity (Wildman–Crippen MR) is 158 cm³/mol. The van der Waals surface area contributed by atoms with Crippen LogP contribution in [0.25, 0.3) is 0 Å². The second kappa shape index (κ2) is 13.8. The molecule has 208 valence electrons. The van der Waals surface area contributed by atoms with Crippen LogP contribution < -0.4 is 24.4 Å². The topological polar surface area (TPSA) is 63.3 Å². The third-order valence-electron chi connectivity index (χ3n) is 6.44. The molecule has 0 spiro atoms. The van der Waals surface area contributed by atoms with Crippen molar-refractivity contribution in [1.29, 1.82) is 0 Å². The van der Waals surface area contributed by atoms with Crippen molar-refractivity contribution in [3.05, 3.63) is 75.8 Å². The number of hydrogen-bond acceptors (Lipinski definition) is 6. The number of carbonyl (C=O) groups is 1. The monoisotopic (exact) mass is 571 g/mol. The molecular weight excluding hydrogens is 537 g/mol. The van der Waals surface area contributed by atoms with E-state index in [9.17, 15) is 4.79 Å². The molecule has 1 N–H and O–H groups in total. The molecule has 0 unspecified atom stereocenters. The number of halogens is 2.